The first kappa shape index (κ1) is 10.4. The van der Waals surface area contributed by atoms with Crippen LogP contribution >= 0.6 is 0 Å². The number of imidazole rings is 2. The zero-order chi connectivity index (χ0) is 12.7. The second kappa shape index (κ2) is 4.02. The van der Waals surface area contributed by atoms with Crippen LogP contribution in [-0.2, 0) is 13.0 Å². The van der Waals surface area contributed by atoms with Crippen molar-refractivity contribution in [2.45, 2.75) is 19.0 Å². The van der Waals surface area contributed by atoms with Crippen LogP contribution in [0.5, 0.6) is 0 Å². The molecule has 4 rings (SSSR count). The Hall–Kier alpha value is -2.48. The summed E-state index contributed by atoms with van der Waals surface area (Å²) in [6.45, 7) is 0.721. The second-order valence-electron chi connectivity index (χ2n) is 4.36. The minimum absolute atomic E-state index is 0.00740. The van der Waals surface area contributed by atoms with Gasteiger partial charge in [-0.3, -0.25) is 5.32 Å². The van der Waals surface area contributed by atoms with E-state index in [4.69, 9.17) is 4.52 Å². The lowest BCUT2D eigenvalue weighted by molar-refractivity contribution is 0.319. The lowest BCUT2D eigenvalue weighted by Crippen LogP contribution is -2.28. The summed E-state index contributed by atoms with van der Waals surface area (Å²) >= 11 is 0. The molecule has 0 fully saturated rings. The molecule has 3 aromatic rings. The first-order chi connectivity index (χ1) is 9.40. The number of nitrogens with zero attached hydrogens (tertiary/aromatic N) is 4. The van der Waals surface area contributed by atoms with E-state index in [1.807, 2.05) is 0 Å². The second-order valence-corrected chi connectivity index (χ2v) is 4.36. The van der Waals surface area contributed by atoms with Gasteiger partial charge in [0.1, 0.15) is 0 Å². The van der Waals surface area contributed by atoms with Crippen LogP contribution in [0.2, 0.25) is 0 Å². The Morgan fingerprint density at radius 1 is 1.26 bits per heavy atom. The van der Waals surface area contributed by atoms with Crippen LogP contribution in [0.4, 0.5) is 0 Å². The van der Waals surface area contributed by atoms with Gasteiger partial charge in [-0.05, 0) is 0 Å². The molecular weight excluding hydrogens is 246 g/mol. The molecule has 0 saturated carbocycles. The van der Waals surface area contributed by atoms with Crippen molar-refractivity contribution in [1.82, 2.24) is 35.4 Å². The fourth-order valence-electron chi connectivity index (χ4n) is 2.20. The number of aromatic nitrogens is 6. The summed E-state index contributed by atoms with van der Waals surface area (Å²) in [4.78, 5) is 18.8. The maximum atomic E-state index is 5.30. The van der Waals surface area contributed by atoms with Crippen molar-refractivity contribution in [2.75, 3.05) is 0 Å². The highest BCUT2D eigenvalue weighted by molar-refractivity contribution is 5.41. The van der Waals surface area contributed by atoms with E-state index in [0.717, 1.165) is 24.4 Å². The van der Waals surface area contributed by atoms with Crippen LogP contribution in [0.25, 0.3) is 11.6 Å². The third-order valence-electron chi connectivity index (χ3n) is 3.18. The van der Waals surface area contributed by atoms with E-state index in [0.29, 0.717) is 17.5 Å². The van der Waals surface area contributed by atoms with Crippen LogP contribution < -0.4 is 5.32 Å². The Labute approximate surface area is 107 Å². The highest BCUT2D eigenvalue weighted by Gasteiger charge is 2.26. The van der Waals surface area contributed by atoms with Crippen LogP contribution in [0, 0.1) is 0 Å². The van der Waals surface area contributed by atoms with Crippen LogP contribution in [-0.4, -0.2) is 30.1 Å². The number of hydrogen-bond donors (Lipinski definition) is 3. The molecule has 3 aromatic heterocycles. The molecule has 0 spiro atoms. The third kappa shape index (κ3) is 1.73. The summed E-state index contributed by atoms with van der Waals surface area (Å²) in [5.41, 5.74) is 2.16. The molecule has 0 saturated heterocycles. The lowest BCUT2D eigenvalue weighted by atomic mass is 10.1. The summed E-state index contributed by atoms with van der Waals surface area (Å²) < 4.78 is 5.30. The number of nitrogens with one attached hydrogen (secondary N) is 3. The predicted molar refractivity (Wildman–Crippen MR) is 63.8 cm³/mol. The van der Waals surface area contributed by atoms with Gasteiger partial charge in [0.2, 0.25) is 11.7 Å². The Kier molecular flexibility index (Phi) is 2.21. The van der Waals surface area contributed by atoms with Gasteiger partial charge in [0.15, 0.2) is 5.82 Å². The van der Waals surface area contributed by atoms with Gasteiger partial charge >= 0.3 is 0 Å². The maximum absolute atomic E-state index is 5.30. The fourth-order valence-corrected chi connectivity index (χ4v) is 2.20. The first-order valence-corrected chi connectivity index (χ1v) is 5.98. The molecule has 0 radical (unpaired) electrons. The van der Waals surface area contributed by atoms with Gasteiger partial charge in [-0.25, -0.2) is 9.97 Å². The lowest BCUT2D eigenvalue weighted by Gasteiger charge is -2.19. The Balaban J connectivity index is 1.61. The SMILES string of the molecule is c1c[nH]c(-c2noc(C3Cc4nc[nH]c4CN3)n2)n1. The average molecular weight is 257 g/mol. The molecule has 19 heavy (non-hydrogen) atoms. The molecular formula is C11H11N7O. The maximum Gasteiger partial charge on any atom is 0.244 e. The van der Waals surface area contributed by atoms with Crippen molar-refractivity contribution in [2.24, 2.45) is 0 Å². The number of hydrogen-bond acceptors (Lipinski definition) is 6. The van der Waals surface area contributed by atoms with E-state index in [-0.39, 0.29) is 6.04 Å². The predicted octanol–water partition coefficient (Wildman–Crippen LogP) is 0.570. The molecule has 0 aromatic carbocycles. The highest BCUT2D eigenvalue weighted by atomic mass is 16.5. The average Bonchev–Trinajstić information content (AvgIpc) is 3.18. The molecule has 8 heteroatoms. The normalized spacial score (nSPS) is 18.4. The summed E-state index contributed by atoms with van der Waals surface area (Å²) in [5, 5.41) is 7.27. The van der Waals surface area contributed by atoms with Gasteiger partial charge in [0.05, 0.1) is 23.8 Å². The van der Waals surface area contributed by atoms with E-state index in [2.05, 4.69) is 35.4 Å². The van der Waals surface area contributed by atoms with Crippen molar-refractivity contribution < 1.29 is 4.52 Å². The quantitative estimate of drug-likeness (QED) is 0.619. The fraction of sp³-hybridized carbons (Fsp3) is 0.273. The summed E-state index contributed by atoms with van der Waals surface area (Å²) in [6, 6.07) is -0.00740. The van der Waals surface area contributed by atoms with Crippen LogP contribution in [0.3, 0.4) is 0 Å². The standard InChI is InChI=1S/C11H11N7O/c1-2-13-9(12-1)10-17-11(19-18-10)7-3-6-8(4-14-7)16-5-15-6/h1-2,5,7,14H,3-4H2,(H,12,13)(H,15,16). The van der Waals surface area contributed by atoms with E-state index in [9.17, 15) is 0 Å². The molecule has 1 aliphatic rings. The molecule has 8 nitrogen and oxygen atoms in total. The van der Waals surface area contributed by atoms with Gasteiger partial charge < -0.3 is 14.5 Å². The third-order valence-corrected chi connectivity index (χ3v) is 3.18. The van der Waals surface area contributed by atoms with Crippen LogP contribution in [0.1, 0.15) is 23.3 Å². The van der Waals surface area contributed by atoms with E-state index < -0.39 is 0 Å². The van der Waals surface area contributed by atoms with Gasteiger partial charge in [-0.15, -0.1) is 0 Å². The Morgan fingerprint density at radius 3 is 3.16 bits per heavy atom. The molecule has 4 heterocycles. The molecule has 0 amide bonds. The summed E-state index contributed by atoms with van der Waals surface area (Å²) in [6.07, 6.45) is 5.82. The number of aromatic amines is 2. The minimum atomic E-state index is -0.00740. The van der Waals surface area contributed by atoms with Crippen molar-refractivity contribution in [3.63, 3.8) is 0 Å². The largest absolute Gasteiger partial charge is 0.347 e. The van der Waals surface area contributed by atoms with Crippen molar-refractivity contribution >= 4 is 0 Å². The number of fused-ring (bicyclic) bond motifs is 1. The Bertz CT molecular complexity index is 684. The molecule has 1 atom stereocenters. The molecule has 1 unspecified atom stereocenters. The van der Waals surface area contributed by atoms with Gasteiger partial charge in [0, 0.05) is 25.4 Å². The van der Waals surface area contributed by atoms with Gasteiger partial charge in [-0.1, -0.05) is 5.16 Å². The van der Waals surface area contributed by atoms with Crippen molar-refractivity contribution in [3.8, 4) is 11.6 Å². The number of rotatable bonds is 2. The summed E-state index contributed by atoms with van der Waals surface area (Å²) in [7, 11) is 0. The minimum Gasteiger partial charge on any atom is -0.347 e. The van der Waals surface area contributed by atoms with E-state index in [1.165, 1.54) is 0 Å². The topological polar surface area (TPSA) is 108 Å². The zero-order valence-corrected chi connectivity index (χ0v) is 9.92. The van der Waals surface area contributed by atoms with E-state index >= 15 is 0 Å². The van der Waals surface area contributed by atoms with Crippen molar-refractivity contribution in [3.05, 3.63) is 36.0 Å². The number of H-pyrrole nitrogens is 2. The van der Waals surface area contributed by atoms with Crippen LogP contribution in [0.15, 0.2) is 23.2 Å². The molecule has 0 bridgehead atoms. The van der Waals surface area contributed by atoms with Crippen molar-refractivity contribution in [1.29, 1.82) is 0 Å². The highest BCUT2D eigenvalue weighted by Crippen LogP contribution is 2.23. The first-order valence-electron chi connectivity index (χ1n) is 5.98. The molecule has 0 aliphatic carbocycles. The zero-order valence-electron chi connectivity index (χ0n) is 9.92. The molecule has 1 aliphatic heterocycles. The van der Waals surface area contributed by atoms with Gasteiger partial charge in [0.25, 0.3) is 0 Å². The molecule has 96 valence electrons. The van der Waals surface area contributed by atoms with Gasteiger partial charge in [-0.2, -0.15) is 4.98 Å². The smallest absolute Gasteiger partial charge is 0.244 e. The summed E-state index contributed by atoms with van der Waals surface area (Å²) in [5.74, 6) is 1.63. The molecule has 3 N–H and O–H groups in total. The van der Waals surface area contributed by atoms with E-state index in [1.54, 1.807) is 18.7 Å². The monoisotopic (exact) mass is 257 g/mol. The Morgan fingerprint density at radius 2 is 2.26 bits per heavy atom.